The molecule has 2 aromatic rings. The summed E-state index contributed by atoms with van der Waals surface area (Å²) in [6.07, 6.45) is -10.2. The van der Waals surface area contributed by atoms with Crippen LogP contribution < -0.4 is 4.74 Å². The normalized spacial score (nSPS) is 12.2. The summed E-state index contributed by atoms with van der Waals surface area (Å²) in [5, 5.41) is 11.5. The van der Waals surface area contributed by atoms with Gasteiger partial charge in [-0.1, -0.05) is 15.9 Å². The second-order valence-corrected chi connectivity index (χ2v) is 6.73. The number of benzene rings is 2. The first-order valence-corrected chi connectivity index (χ1v) is 8.30. The number of methoxy groups -OCH3 is 1. The van der Waals surface area contributed by atoms with E-state index in [1.165, 1.54) is 21.0 Å². The minimum Gasteiger partial charge on any atom is -0.496 e. The highest BCUT2D eigenvalue weighted by Crippen LogP contribution is 2.49. The highest BCUT2D eigenvalue weighted by atomic mass is 79.9. The Morgan fingerprint density at radius 1 is 1.00 bits per heavy atom. The average Bonchev–Trinajstić information content (AvgIpc) is 2.53. The topological polar surface area (TPSA) is 52.4 Å². The lowest BCUT2D eigenvalue weighted by molar-refractivity contribution is -0.384. The van der Waals surface area contributed by atoms with Gasteiger partial charge in [-0.15, -0.1) is 0 Å². The Hall–Kier alpha value is -2.30. The number of rotatable bonds is 3. The summed E-state index contributed by atoms with van der Waals surface area (Å²) in [6.45, 7) is 2.77. The summed E-state index contributed by atoms with van der Waals surface area (Å²) in [4.78, 5) is 10.6. The van der Waals surface area contributed by atoms with Crippen molar-refractivity contribution < 1.29 is 36.0 Å². The first-order valence-electron chi connectivity index (χ1n) is 7.51. The minimum absolute atomic E-state index is 0.000147. The Balaban J connectivity index is 3.06. The Morgan fingerprint density at radius 3 is 2.00 bits per heavy atom. The summed E-state index contributed by atoms with van der Waals surface area (Å²) >= 11 is 2.74. The maximum Gasteiger partial charge on any atom is 0.417 e. The highest BCUT2D eigenvalue weighted by Gasteiger charge is 2.41. The molecule has 0 saturated carbocycles. The molecule has 0 N–H and O–H groups in total. The molecule has 2 aromatic carbocycles. The average molecular weight is 472 g/mol. The summed E-state index contributed by atoms with van der Waals surface area (Å²) in [6, 6.07) is 1.42. The molecule has 2 rings (SSSR count). The second-order valence-electron chi connectivity index (χ2n) is 5.88. The van der Waals surface area contributed by atoms with Crippen molar-refractivity contribution in [3.8, 4) is 16.9 Å². The van der Waals surface area contributed by atoms with E-state index < -0.39 is 49.7 Å². The number of halogens is 7. The summed E-state index contributed by atoms with van der Waals surface area (Å²) in [7, 11) is 1.23. The van der Waals surface area contributed by atoms with E-state index in [0.29, 0.717) is 11.6 Å². The zero-order chi connectivity index (χ0) is 21.6. The third-order valence-corrected chi connectivity index (χ3v) is 4.68. The zero-order valence-electron chi connectivity index (χ0n) is 14.5. The van der Waals surface area contributed by atoms with Crippen molar-refractivity contribution in [1.29, 1.82) is 0 Å². The van der Waals surface area contributed by atoms with Gasteiger partial charge in [-0.25, -0.2) is 0 Å². The van der Waals surface area contributed by atoms with Crippen LogP contribution in [0.3, 0.4) is 0 Å². The van der Waals surface area contributed by atoms with Crippen LogP contribution in [0.15, 0.2) is 22.7 Å². The second kappa shape index (κ2) is 7.26. The fourth-order valence-corrected chi connectivity index (χ4v) is 3.62. The Morgan fingerprint density at radius 2 is 1.57 bits per heavy atom. The lowest BCUT2D eigenvalue weighted by Gasteiger charge is -2.20. The molecule has 11 heteroatoms. The van der Waals surface area contributed by atoms with Crippen LogP contribution in [0.25, 0.3) is 11.1 Å². The molecular weight excluding hydrogens is 460 g/mol. The molecule has 28 heavy (non-hydrogen) atoms. The molecule has 0 amide bonds. The molecule has 0 aliphatic rings. The Labute approximate surface area is 163 Å². The number of hydrogen-bond acceptors (Lipinski definition) is 3. The molecule has 0 radical (unpaired) electrons. The highest BCUT2D eigenvalue weighted by molar-refractivity contribution is 9.10. The van der Waals surface area contributed by atoms with Gasteiger partial charge in [-0.3, -0.25) is 10.1 Å². The first kappa shape index (κ1) is 22.0. The molecule has 0 fully saturated rings. The van der Waals surface area contributed by atoms with Crippen molar-refractivity contribution in [3.05, 3.63) is 55.0 Å². The molecule has 0 aliphatic heterocycles. The van der Waals surface area contributed by atoms with E-state index >= 15 is 0 Å². The van der Waals surface area contributed by atoms with E-state index in [1.54, 1.807) is 0 Å². The van der Waals surface area contributed by atoms with Crippen LogP contribution in [-0.4, -0.2) is 12.0 Å². The molecule has 0 aromatic heterocycles. The fraction of sp³-hybridized carbons (Fsp3) is 0.294. The molecule has 0 atom stereocenters. The lowest BCUT2D eigenvalue weighted by Crippen LogP contribution is -2.14. The molecular formula is C17H12BrF6NO3. The third-order valence-electron chi connectivity index (χ3n) is 4.06. The number of nitrogens with zero attached hydrogens (tertiary/aromatic N) is 1. The van der Waals surface area contributed by atoms with Crippen LogP contribution in [0.1, 0.15) is 22.3 Å². The summed E-state index contributed by atoms with van der Waals surface area (Å²) < 4.78 is 84.4. The van der Waals surface area contributed by atoms with Gasteiger partial charge in [0.25, 0.3) is 5.69 Å². The first-order chi connectivity index (χ1) is 12.7. The van der Waals surface area contributed by atoms with Crippen LogP contribution in [-0.2, 0) is 12.4 Å². The van der Waals surface area contributed by atoms with Gasteiger partial charge >= 0.3 is 12.4 Å². The number of hydrogen-bond donors (Lipinski definition) is 0. The molecule has 0 spiro atoms. The quantitative estimate of drug-likeness (QED) is 0.284. The standard InChI is InChI=1S/C17H12BrF6NO3/c1-7-4-12(25(26)27)13(8(2)15(7)28-3)14-10(17(22,23)24)5-9(6-11(14)18)16(19,20)21/h4-6H,1-3H3. The largest absolute Gasteiger partial charge is 0.496 e. The van der Waals surface area contributed by atoms with Gasteiger partial charge < -0.3 is 4.74 Å². The van der Waals surface area contributed by atoms with Crippen molar-refractivity contribution >= 4 is 21.6 Å². The van der Waals surface area contributed by atoms with E-state index in [4.69, 9.17) is 4.74 Å². The minimum atomic E-state index is -5.20. The molecule has 0 unspecified atom stereocenters. The lowest BCUT2D eigenvalue weighted by atomic mass is 9.90. The number of aryl methyl sites for hydroxylation is 1. The molecule has 152 valence electrons. The fourth-order valence-electron chi connectivity index (χ4n) is 2.97. The van der Waals surface area contributed by atoms with Crippen LogP contribution in [0, 0.1) is 24.0 Å². The van der Waals surface area contributed by atoms with Crippen molar-refractivity contribution in [1.82, 2.24) is 0 Å². The van der Waals surface area contributed by atoms with E-state index in [2.05, 4.69) is 15.9 Å². The van der Waals surface area contributed by atoms with E-state index in [1.807, 2.05) is 0 Å². The van der Waals surface area contributed by atoms with E-state index in [-0.39, 0.29) is 17.4 Å². The van der Waals surface area contributed by atoms with Crippen LogP contribution in [0.4, 0.5) is 32.0 Å². The predicted molar refractivity (Wildman–Crippen MR) is 92.3 cm³/mol. The molecule has 0 heterocycles. The molecule has 0 bridgehead atoms. The van der Waals surface area contributed by atoms with Crippen LogP contribution >= 0.6 is 15.9 Å². The predicted octanol–water partition coefficient (Wildman–Crippen LogP) is 6.69. The molecule has 0 aliphatic carbocycles. The van der Waals surface area contributed by atoms with Gasteiger partial charge in [0.05, 0.1) is 28.7 Å². The summed E-state index contributed by atoms with van der Waals surface area (Å²) in [5.74, 6) is 0.0977. The Kier molecular flexibility index (Phi) is 5.71. The van der Waals surface area contributed by atoms with Gasteiger partial charge in [0.1, 0.15) is 5.75 Å². The maximum atomic E-state index is 13.6. The van der Waals surface area contributed by atoms with Crippen molar-refractivity contribution in [2.75, 3.05) is 7.11 Å². The number of alkyl halides is 6. The number of ether oxygens (including phenoxy) is 1. The SMILES string of the molecule is COc1c(C)cc([N+](=O)[O-])c(-c2c(Br)cc(C(F)(F)F)cc2C(F)(F)F)c1C. The monoisotopic (exact) mass is 471 g/mol. The van der Waals surface area contributed by atoms with E-state index in [0.717, 1.165) is 6.07 Å². The maximum absolute atomic E-state index is 13.6. The summed E-state index contributed by atoms with van der Waals surface area (Å²) in [5.41, 5.74) is -4.79. The van der Waals surface area contributed by atoms with Gasteiger partial charge in [-0.2, -0.15) is 26.3 Å². The van der Waals surface area contributed by atoms with Crippen LogP contribution in [0.5, 0.6) is 5.75 Å². The van der Waals surface area contributed by atoms with E-state index in [9.17, 15) is 36.5 Å². The zero-order valence-corrected chi connectivity index (χ0v) is 16.1. The van der Waals surface area contributed by atoms with Crippen molar-refractivity contribution in [2.24, 2.45) is 0 Å². The smallest absolute Gasteiger partial charge is 0.417 e. The van der Waals surface area contributed by atoms with Crippen molar-refractivity contribution in [3.63, 3.8) is 0 Å². The van der Waals surface area contributed by atoms with Gasteiger partial charge in [0, 0.05) is 21.7 Å². The number of nitro benzene ring substituents is 1. The Bertz CT molecular complexity index is 954. The third kappa shape index (κ3) is 3.94. The number of nitro groups is 1. The van der Waals surface area contributed by atoms with Gasteiger partial charge in [0.2, 0.25) is 0 Å². The molecule has 4 nitrogen and oxygen atoms in total. The van der Waals surface area contributed by atoms with Gasteiger partial charge in [0.15, 0.2) is 0 Å². The molecule has 0 saturated heterocycles. The van der Waals surface area contributed by atoms with Gasteiger partial charge in [-0.05, 0) is 31.5 Å². The van der Waals surface area contributed by atoms with Crippen molar-refractivity contribution in [2.45, 2.75) is 26.2 Å². The van der Waals surface area contributed by atoms with Crippen LogP contribution in [0.2, 0.25) is 0 Å².